The first-order chi connectivity index (χ1) is 28.5. The molecule has 0 aromatic rings. The van der Waals surface area contributed by atoms with Crippen molar-refractivity contribution in [2.75, 3.05) is 52.6 Å². The second-order valence-corrected chi connectivity index (χ2v) is 15.8. The number of hydrogen-bond acceptors (Lipinski definition) is 22. The van der Waals surface area contributed by atoms with Crippen molar-refractivity contribution in [3.63, 3.8) is 0 Å². The number of hydrogen-bond donors (Lipinski definition) is 14. The van der Waals surface area contributed by atoms with Gasteiger partial charge in [-0.1, -0.05) is 6.42 Å². The highest BCUT2D eigenvalue weighted by atomic mass is 16.7. The summed E-state index contributed by atoms with van der Waals surface area (Å²) >= 11 is 0. The van der Waals surface area contributed by atoms with Crippen molar-refractivity contribution in [1.29, 1.82) is 0 Å². The Labute approximate surface area is 347 Å². The van der Waals surface area contributed by atoms with Gasteiger partial charge in [-0.2, -0.15) is 0 Å². The van der Waals surface area contributed by atoms with Gasteiger partial charge in [0.2, 0.25) is 5.91 Å². The number of nitrogens with one attached hydrogen (secondary N) is 1. The van der Waals surface area contributed by atoms with Gasteiger partial charge in [0.1, 0.15) is 91.6 Å². The molecule has 0 aliphatic carbocycles. The number of carbonyl (C=O) groups excluding carboxylic acids is 1. The molecule has 352 valence electrons. The van der Waals surface area contributed by atoms with E-state index in [-0.39, 0.29) is 19.1 Å². The normalized spacial score (nSPS) is 42.7. The van der Waals surface area contributed by atoms with Crippen molar-refractivity contribution in [2.24, 2.45) is 0 Å². The monoisotopic (exact) mass is 876 g/mol. The lowest BCUT2D eigenvalue weighted by molar-refractivity contribution is -0.366. The Bertz CT molecular complexity index is 1240. The van der Waals surface area contributed by atoms with Crippen LogP contribution in [0.5, 0.6) is 0 Å². The maximum Gasteiger partial charge on any atom is 0.219 e. The maximum atomic E-state index is 11.9. The van der Waals surface area contributed by atoms with Crippen molar-refractivity contribution in [2.45, 2.75) is 175 Å². The fraction of sp³-hybridized carbons (Fsp3) is 0.973. The fourth-order valence-electron chi connectivity index (χ4n) is 7.68. The summed E-state index contributed by atoms with van der Waals surface area (Å²) in [5, 5.41) is 138. The van der Waals surface area contributed by atoms with Crippen molar-refractivity contribution in [1.82, 2.24) is 10.2 Å². The molecule has 0 unspecified atom stereocenters. The molecule has 4 rings (SSSR count). The van der Waals surface area contributed by atoms with Crippen LogP contribution in [0.2, 0.25) is 0 Å². The second kappa shape index (κ2) is 24.6. The molecule has 0 spiro atoms. The van der Waals surface area contributed by atoms with E-state index in [2.05, 4.69) is 5.32 Å². The average molecular weight is 877 g/mol. The Balaban J connectivity index is 1.44. The highest BCUT2D eigenvalue weighted by molar-refractivity contribution is 5.75. The first kappa shape index (κ1) is 51.3. The van der Waals surface area contributed by atoms with Gasteiger partial charge < -0.3 is 110 Å². The molecule has 1 amide bonds. The van der Waals surface area contributed by atoms with Gasteiger partial charge in [0.25, 0.3) is 0 Å². The third kappa shape index (κ3) is 13.3. The Hall–Kier alpha value is -1.37. The van der Waals surface area contributed by atoms with Crippen LogP contribution in [0, 0.1) is 0 Å². The highest BCUT2D eigenvalue weighted by Crippen LogP contribution is 2.31. The lowest BCUT2D eigenvalue weighted by Gasteiger charge is -2.46. The number of aliphatic hydroxyl groups is 13. The van der Waals surface area contributed by atoms with Crippen LogP contribution in [0.25, 0.3) is 0 Å². The van der Waals surface area contributed by atoms with Gasteiger partial charge >= 0.3 is 0 Å². The van der Waals surface area contributed by atoms with Crippen LogP contribution < -0.4 is 5.32 Å². The first-order valence-electron chi connectivity index (χ1n) is 20.7. The van der Waals surface area contributed by atoms with E-state index in [4.69, 9.17) is 33.2 Å². The van der Waals surface area contributed by atoms with Crippen molar-refractivity contribution in [3.05, 3.63) is 0 Å². The molecule has 0 bridgehead atoms. The van der Waals surface area contributed by atoms with Crippen LogP contribution in [-0.4, -0.2) is 252 Å². The van der Waals surface area contributed by atoms with E-state index in [1.807, 2.05) is 11.8 Å². The number of carbonyl (C=O) groups is 1. The predicted molar refractivity (Wildman–Crippen MR) is 200 cm³/mol. The Kier molecular flexibility index (Phi) is 21.0. The van der Waals surface area contributed by atoms with Crippen LogP contribution in [0.1, 0.15) is 52.4 Å². The zero-order chi connectivity index (χ0) is 44.3. The number of unbranched alkanes of at least 4 members (excludes halogenated alkanes) is 2. The summed E-state index contributed by atoms with van der Waals surface area (Å²) in [6.45, 7) is 3.01. The van der Waals surface area contributed by atoms with Crippen LogP contribution in [0.4, 0.5) is 0 Å². The number of rotatable bonds is 22. The van der Waals surface area contributed by atoms with Crippen LogP contribution in [-0.2, 0) is 38.0 Å². The number of ether oxygens (including phenoxy) is 7. The van der Waals surface area contributed by atoms with Gasteiger partial charge in [-0.25, -0.2) is 0 Å². The molecule has 4 heterocycles. The molecule has 0 radical (unpaired) electrons. The zero-order valence-corrected chi connectivity index (χ0v) is 34.0. The van der Waals surface area contributed by atoms with Gasteiger partial charge in [-0.05, 0) is 52.6 Å². The summed E-state index contributed by atoms with van der Waals surface area (Å²) in [4.78, 5) is 13.9. The zero-order valence-electron chi connectivity index (χ0n) is 34.0. The molecule has 4 aliphatic heterocycles. The molecule has 4 saturated heterocycles. The van der Waals surface area contributed by atoms with Crippen molar-refractivity contribution >= 4 is 5.91 Å². The van der Waals surface area contributed by atoms with E-state index in [9.17, 15) is 71.2 Å². The lowest BCUT2D eigenvalue weighted by Crippen LogP contribution is -2.65. The summed E-state index contributed by atoms with van der Waals surface area (Å²) in [6.07, 6.45) is -27.1. The van der Waals surface area contributed by atoms with E-state index >= 15 is 0 Å². The molecule has 23 nitrogen and oxygen atoms in total. The number of aliphatic hydroxyl groups excluding tert-OH is 13. The Morgan fingerprint density at radius 2 is 1.12 bits per heavy atom. The van der Waals surface area contributed by atoms with Crippen LogP contribution >= 0.6 is 0 Å². The standard InChI is InChI=1S/C37H68N2O21/c1-3-38-22(42)9-5-4-6-10-39(11-7-8-18-24(44)28(48)23(43)17(2)56-18)12-13-54-36-33(53)34(60-37-32(52)30(50)26(46)20(15-41)58-37)27(47)21(59-36)16-55-35-31(51)29(49)25(45)19(14-40)57-35/h17-21,23-37,40-41,43-53H,3-16H2,1-2H3,(H,38,42)/t17-,18-,19+,20+,21+,23+,24+,25+,26+,27+,28+,29-,30-,31-,32-,33-,34-,35-,36-,37+/m0/s1. The van der Waals surface area contributed by atoms with E-state index in [1.54, 1.807) is 6.92 Å². The fourth-order valence-corrected chi connectivity index (χ4v) is 7.68. The SMILES string of the molecule is CCNC(=O)CCCCCN(CCC[C@@H]1O[C@@H](C)[C@@H](O)[C@@H](O)[C@@H]1O)CCO[C@H]1O[C@H](CO[C@H]2O[C@H](CO)[C@@H](O)[C@H](O)[C@@H]2O)[C@@H](O)[C@H](O[C@H]2O[C@H](CO)[C@@H](O)[C@H](O)[C@@H]2O)[C@@H]1O. The molecule has 0 saturated carbocycles. The lowest BCUT2D eigenvalue weighted by atomic mass is 9.93. The molecule has 4 fully saturated rings. The molecule has 4 aliphatic rings. The van der Waals surface area contributed by atoms with Crippen LogP contribution in [0.15, 0.2) is 0 Å². The Morgan fingerprint density at radius 1 is 0.567 bits per heavy atom. The molecule has 20 atom stereocenters. The van der Waals surface area contributed by atoms with E-state index in [0.29, 0.717) is 51.7 Å². The van der Waals surface area contributed by atoms with Gasteiger partial charge in [0.15, 0.2) is 18.9 Å². The smallest absolute Gasteiger partial charge is 0.219 e. The summed E-state index contributed by atoms with van der Waals surface area (Å²) in [6, 6.07) is 0. The molecular weight excluding hydrogens is 808 g/mol. The van der Waals surface area contributed by atoms with Gasteiger partial charge in [-0.3, -0.25) is 4.79 Å². The van der Waals surface area contributed by atoms with Crippen LogP contribution in [0.3, 0.4) is 0 Å². The molecule has 0 aromatic carbocycles. The van der Waals surface area contributed by atoms with Gasteiger partial charge in [0, 0.05) is 19.5 Å². The summed E-state index contributed by atoms with van der Waals surface area (Å²) in [5.41, 5.74) is 0. The Morgan fingerprint density at radius 3 is 1.75 bits per heavy atom. The number of nitrogens with zero attached hydrogens (tertiary/aromatic N) is 1. The average Bonchev–Trinajstić information content (AvgIpc) is 3.23. The first-order valence-corrected chi connectivity index (χ1v) is 20.7. The minimum absolute atomic E-state index is 0.0443. The second-order valence-electron chi connectivity index (χ2n) is 15.8. The quantitative estimate of drug-likeness (QED) is 0.0449. The van der Waals surface area contributed by atoms with E-state index in [1.165, 1.54) is 0 Å². The highest BCUT2D eigenvalue weighted by Gasteiger charge is 2.52. The summed E-state index contributed by atoms with van der Waals surface area (Å²) in [5.74, 6) is -0.0443. The van der Waals surface area contributed by atoms with Crippen molar-refractivity contribution in [3.8, 4) is 0 Å². The third-order valence-corrected chi connectivity index (χ3v) is 11.4. The largest absolute Gasteiger partial charge is 0.394 e. The van der Waals surface area contributed by atoms with Gasteiger partial charge in [0.05, 0.1) is 38.6 Å². The molecule has 14 N–H and O–H groups in total. The minimum Gasteiger partial charge on any atom is -0.394 e. The minimum atomic E-state index is -1.90. The van der Waals surface area contributed by atoms with Crippen molar-refractivity contribution < 1.29 is 104 Å². The van der Waals surface area contributed by atoms with Gasteiger partial charge in [-0.15, -0.1) is 0 Å². The molecule has 0 aromatic heterocycles. The van der Waals surface area contributed by atoms with E-state index < -0.39 is 142 Å². The molecule has 23 heteroatoms. The summed E-state index contributed by atoms with van der Waals surface area (Å²) < 4.78 is 39.8. The molecular formula is C37H68N2O21. The number of amides is 1. The topological polar surface area (TPSA) is 360 Å². The van der Waals surface area contributed by atoms with E-state index in [0.717, 1.165) is 6.42 Å². The predicted octanol–water partition coefficient (Wildman–Crippen LogP) is -6.90. The molecule has 60 heavy (non-hydrogen) atoms. The summed E-state index contributed by atoms with van der Waals surface area (Å²) in [7, 11) is 0. The maximum absolute atomic E-state index is 11.9. The third-order valence-electron chi connectivity index (χ3n) is 11.4.